The Hall–Kier alpha value is -1.54. The van der Waals surface area contributed by atoms with Crippen molar-refractivity contribution in [2.45, 2.75) is 13.5 Å². The minimum Gasteiger partial charge on any atom is -0.494 e. The first kappa shape index (κ1) is 18.3. The van der Waals surface area contributed by atoms with E-state index < -0.39 is 5.91 Å². The number of carbonyl (C=O) groups excluding carboxylic acids is 1. The lowest BCUT2D eigenvalue weighted by Crippen LogP contribution is -2.21. The van der Waals surface area contributed by atoms with Crippen molar-refractivity contribution < 1.29 is 19.0 Å². The Morgan fingerprint density at radius 2 is 2.24 bits per heavy atom. The third kappa shape index (κ3) is 4.00. The average molecular weight is 403 g/mol. The van der Waals surface area contributed by atoms with E-state index in [2.05, 4.69) is 4.99 Å². The van der Waals surface area contributed by atoms with Gasteiger partial charge in [0.25, 0.3) is 0 Å². The first-order valence-corrected chi connectivity index (χ1v) is 9.27. The molecule has 1 aromatic carbocycles. The fourth-order valence-electron chi connectivity index (χ4n) is 2.32. The summed E-state index contributed by atoms with van der Waals surface area (Å²) in [7, 11) is 0. The van der Waals surface area contributed by atoms with Gasteiger partial charge in [0.05, 0.1) is 26.9 Å². The fourth-order valence-corrected chi connectivity index (χ4v) is 3.86. The molecule has 0 N–H and O–H groups in total. The van der Waals surface area contributed by atoms with Crippen LogP contribution in [0, 0.1) is 0 Å². The lowest BCUT2D eigenvalue weighted by Gasteiger charge is -2.12. The minimum absolute atomic E-state index is 0.0872. The van der Waals surface area contributed by atoms with Crippen LogP contribution in [0.3, 0.4) is 0 Å². The van der Waals surface area contributed by atoms with Crippen LogP contribution in [0.25, 0.3) is 10.2 Å². The van der Waals surface area contributed by atoms with E-state index in [1.165, 1.54) is 17.6 Å². The summed E-state index contributed by atoms with van der Waals surface area (Å²) < 4.78 is 18.5. The molecule has 0 spiro atoms. The number of ether oxygens (including phenoxy) is 3. The average Bonchev–Trinajstić information content (AvgIpc) is 2.97. The van der Waals surface area contributed by atoms with Crippen LogP contribution in [0.5, 0.6) is 0 Å². The van der Waals surface area contributed by atoms with Crippen LogP contribution in [0.2, 0.25) is 10.0 Å². The first-order valence-electron chi connectivity index (χ1n) is 7.70. The van der Waals surface area contributed by atoms with E-state index in [9.17, 15) is 4.79 Å². The maximum absolute atomic E-state index is 12.3. The molecule has 2 aromatic rings. The number of thiazole rings is 1. The second-order valence-electron chi connectivity index (χ2n) is 5.06. The van der Waals surface area contributed by atoms with Crippen molar-refractivity contribution in [2.75, 3.05) is 26.4 Å². The summed E-state index contributed by atoms with van der Waals surface area (Å²) in [5.74, 6) is -0.414. The predicted molar refractivity (Wildman–Crippen MR) is 96.9 cm³/mol. The molecule has 1 aliphatic heterocycles. The Kier molecular flexibility index (Phi) is 6.01. The van der Waals surface area contributed by atoms with Crippen molar-refractivity contribution in [3.8, 4) is 0 Å². The second kappa shape index (κ2) is 8.23. The molecule has 2 heterocycles. The number of benzene rings is 1. The number of hydrogen-bond donors (Lipinski definition) is 0. The highest BCUT2D eigenvalue weighted by atomic mass is 35.5. The van der Waals surface area contributed by atoms with Gasteiger partial charge in [-0.05, 0) is 19.1 Å². The maximum Gasteiger partial charge on any atom is 0.317 e. The molecular formula is C16H16Cl2N2O4S. The van der Waals surface area contributed by atoms with E-state index >= 15 is 0 Å². The Bertz CT molecular complexity index is 888. The van der Waals surface area contributed by atoms with Crippen LogP contribution in [-0.2, 0) is 25.5 Å². The van der Waals surface area contributed by atoms with Crippen LogP contribution < -0.4 is 4.80 Å². The summed E-state index contributed by atoms with van der Waals surface area (Å²) >= 11 is 13.9. The number of carbonyl (C=O) groups is 1. The summed E-state index contributed by atoms with van der Waals surface area (Å²) in [5.41, 5.74) is 0.736. The molecule has 0 atom stereocenters. The zero-order valence-electron chi connectivity index (χ0n) is 13.5. The lowest BCUT2D eigenvalue weighted by molar-refractivity contribution is -0.119. The highest BCUT2D eigenvalue weighted by molar-refractivity contribution is 7.16. The van der Waals surface area contributed by atoms with E-state index in [1.807, 2.05) is 17.6 Å². The van der Waals surface area contributed by atoms with Gasteiger partial charge in [0, 0.05) is 13.2 Å². The summed E-state index contributed by atoms with van der Waals surface area (Å²) in [5, 5.41) is 0.874. The number of fused-ring (bicyclic) bond motifs is 1. The Labute approximate surface area is 158 Å². The van der Waals surface area contributed by atoms with E-state index in [1.54, 1.807) is 6.07 Å². The Morgan fingerprint density at radius 1 is 1.40 bits per heavy atom. The summed E-state index contributed by atoms with van der Waals surface area (Å²) in [6, 6.07) is 3.58. The van der Waals surface area contributed by atoms with Gasteiger partial charge in [-0.25, -0.2) is 0 Å². The SMILES string of the molecule is CCOCCn1c(=NC(=O)C2=COCCO2)sc2ccc(Cl)c(Cl)c21. The fraction of sp³-hybridized carbons (Fsp3) is 0.375. The van der Waals surface area contributed by atoms with Crippen LogP contribution >= 0.6 is 34.5 Å². The monoisotopic (exact) mass is 402 g/mol. The largest absolute Gasteiger partial charge is 0.494 e. The standard InChI is InChI=1S/C16H16Cl2N2O4S/c1-2-22-6-5-20-14-12(4-3-10(17)13(14)18)25-16(20)19-15(21)11-9-23-7-8-24-11/h3-4,9H,2,5-8H2,1H3. The molecule has 0 radical (unpaired) electrons. The van der Waals surface area contributed by atoms with Crippen molar-refractivity contribution in [1.29, 1.82) is 0 Å². The first-order chi connectivity index (χ1) is 12.1. The zero-order valence-corrected chi connectivity index (χ0v) is 15.8. The molecule has 0 fully saturated rings. The number of hydrogen-bond acceptors (Lipinski definition) is 5. The number of halogens is 2. The van der Waals surface area contributed by atoms with E-state index in [0.717, 1.165) is 10.2 Å². The Balaban J connectivity index is 2.08. The molecule has 0 bridgehead atoms. The Morgan fingerprint density at radius 3 is 2.96 bits per heavy atom. The van der Waals surface area contributed by atoms with Gasteiger partial charge in [0.1, 0.15) is 19.5 Å². The van der Waals surface area contributed by atoms with Gasteiger partial charge in [-0.3, -0.25) is 4.79 Å². The van der Waals surface area contributed by atoms with Crippen molar-refractivity contribution in [1.82, 2.24) is 4.57 Å². The molecule has 0 unspecified atom stereocenters. The van der Waals surface area contributed by atoms with E-state index in [0.29, 0.717) is 47.8 Å². The summed E-state index contributed by atoms with van der Waals surface area (Å²) in [6.07, 6.45) is 1.29. The zero-order chi connectivity index (χ0) is 17.8. The number of rotatable bonds is 5. The normalized spacial score (nSPS) is 15.0. The van der Waals surface area contributed by atoms with E-state index in [4.69, 9.17) is 37.4 Å². The quantitative estimate of drug-likeness (QED) is 0.719. The van der Waals surface area contributed by atoms with Gasteiger partial charge in [-0.2, -0.15) is 4.99 Å². The van der Waals surface area contributed by atoms with Crippen LogP contribution in [0.1, 0.15) is 6.92 Å². The lowest BCUT2D eigenvalue weighted by atomic mass is 10.3. The molecule has 1 aliphatic rings. The van der Waals surface area contributed by atoms with Crippen molar-refractivity contribution in [3.05, 3.63) is 39.0 Å². The van der Waals surface area contributed by atoms with Gasteiger partial charge in [0.2, 0.25) is 5.76 Å². The molecular weight excluding hydrogens is 387 g/mol. The highest BCUT2D eigenvalue weighted by Crippen LogP contribution is 2.32. The van der Waals surface area contributed by atoms with Crippen molar-refractivity contribution >= 4 is 50.7 Å². The molecule has 1 aromatic heterocycles. The third-order valence-electron chi connectivity index (χ3n) is 3.45. The summed E-state index contributed by atoms with van der Waals surface area (Å²) in [4.78, 5) is 17.0. The number of nitrogens with zero attached hydrogens (tertiary/aromatic N) is 2. The molecule has 0 aliphatic carbocycles. The number of amides is 1. The molecule has 6 nitrogen and oxygen atoms in total. The molecule has 0 saturated carbocycles. The molecule has 9 heteroatoms. The minimum atomic E-state index is -0.501. The van der Waals surface area contributed by atoms with Gasteiger partial charge >= 0.3 is 5.91 Å². The van der Waals surface area contributed by atoms with Crippen LogP contribution in [0.4, 0.5) is 0 Å². The second-order valence-corrected chi connectivity index (χ2v) is 6.85. The van der Waals surface area contributed by atoms with Crippen molar-refractivity contribution in [2.24, 2.45) is 4.99 Å². The topological polar surface area (TPSA) is 62.1 Å². The van der Waals surface area contributed by atoms with E-state index in [-0.39, 0.29) is 5.76 Å². The summed E-state index contributed by atoms with van der Waals surface area (Å²) in [6.45, 7) is 4.22. The van der Waals surface area contributed by atoms with Gasteiger partial charge < -0.3 is 18.8 Å². The van der Waals surface area contributed by atoms with Crippen LogP contribution in [0.15, 0.2) is 29.1 Å². The smallest absolute Gasteiger partial charge is 0.317 e. The molecule has 25 heavy (non-hydrogen) atoms. The van der Waals surface area contributed by atoms with Crippen molar-refractivity contribution in [3.63, 3.8) is 0 Å². The highest BCUT2D eigenvalue weighted by Gasteiger charge is 2.17. The van der Waals surface area contributed by atoms with Gasteiger partial charge in [-0.15, -0.1) is 0 Å². The van der Waals surface area contributed by atoms with Crippen LogP contribution in [-0.4, -0.2) is 36.9 Å². The molecule has 0 saturated heterocycles. The van der Waals surface area contributed by atoms with Gasteiger partial charge in [0.15, 0.2) is 4.80 Å². The van der Waals surface area contributed by atoms with Gasteiger partial charge in [-0.1, -0.05) is 34.5 Å². The molecule has 1 amide bonds. The third-order valence-corrected chi connectivity index (χ3v) is 5.29. The molecule has 134 valence electrons. The maximum atomic E-state index is 12.3. The predicted octanol–water partition coefficient (Wildman–Crippen LogP) is 3.36. The number of aromatic nitrogens is 1. The molecule has 3 rings (SSSR count).